The molecule has 0 amide bonds. The van der Waals surface area contributed by atoms with E-state index < -0.39 is 5.97 Å². The van der Waals surface area contributed by atoms with E-state index in [0.29, 0.717) is 6.54 Å². The van der Waals surface area contributed by atoms with Crippen molar-refractivity contribution >= 4 is 5.97 Å². The number of nitrogens with zero attached hydrogens (tertiary/aromatic N) is 2. The van der Waals surface area contributed by atoms with Crippen molar-refractivity contribution < 1.29 is 9.90 Å². The van der Waals surface area contributed by atoms with Crippen LogP contribution < -0.4 is 0 Å². The second-order valence-corrected chi connectivity index (χ2v) is 6.34. The summed E-state index contributed by atoms with van der Waals surface area (Å²) in [4.78, 5) is 18.1. The molecule has 1 spiro atoms. The minimum atomic E-state index is -0.611. The first kappa shape index (κ1) is 13.6. The molecule has 1 aromatic heterocycles. The second-order valence-electron chi connectivity index (χ2n) is 6.34. The number of likely N-dealkylation sites (tertiary alicyclic amines) is 1. The Kier molecular flexibility index (Phi) is 3.74. The molecule has 1 saturated heterocycles. The Morgan fingerprint density at radius 2 is 2.20 bits per heavy atom. The van der Waals surface area contributed by atoms with Crippen LogP contribution >= 0.6 is 0 Å². The number of pyridine rings is 1. The first-order chi connectivity index (χ1) is 9.70. The number of carboxylic acid groups (broad SMARTS) is 1. The van der Waals surface area contributed by atoms with Crippen molar-refractivity contribution in [2.45, 2.75) is 38.6 Å². The Morgan fingerprint density at radius 3 is 2.85 bits per heavy atom. The van der Waals surface area contributed by atoms with Crippen molar-refractivity contribution in [1.29, 1.82) is 0 Å². The molecule has 1 atom stereocenters. The number of carboxylic acids is 1. The number of carbonyl (C=O) groups is 1. The molecule has 0 radical (unpaired) electrons. The molecule has 3 rings (SSSR count). The number of hydrogen-bond donors (Lipinski definition) is 1. The Hall–Kier alpha value is -1.42. The Morgan fingerprint density at radius 1 is 1.40 bits per heavy atom. The predicted octanol–water partition coefficient (Wildman–Crippen LogP) is 2.55. The summed E-state index contributed by atoms with van der Waals surface area (Å²) in [7, 11) is 0. The maximum atomic E-state index is 11.6. The highest BCUT2D eigenvalue weighted by atomic mass is 16.4. The van der Waals surface area contributed by atoms with Crippen molar-refractivity contribution in [3.63, 3.8) is 0 Å². The average molecular weight is 274 g/mol. The van der Waals surface area contributed by atoms with Gasteiger partial charge in [0.2, 0.25) is 0 Å². The topological polar surface area (TPSA) is 53.4 Å². The first-order valence-corrected chi connectivity index (χ1v) is 7.54. The van der Waals surface area contributed by atoms with Gasteiger partial charge < -0.3 is 5.11 Å². The summed E-state index contributed by atoms with van der Waals surface area (Å²) in [6, 6.07) is 4.01. The predicted molar refractivity (Wildman–Crippen MR) is 76.2 cm³/mol. The Balaban J connectivity index is 1.74. The zero-order chi connectivity index (χ0) is 14.0. The van der Waals surface area contributed by atoms with Crippen LogP contribution in [0.1, 0.15) is 37.7 Å². The van der Waals surface area contributed by atoms with E-state index in [1.165, 1.54) is 24.8 Å². The monoisotopic (exact) mass is 274 g/mol. The fraction of sp³-hybridized carbons (Fsp3) is 0.625. The highest BCUT2D eigenvalue weighted by Crippen LogP contribution is 2.47. The molecule has 0 unspecified atom stereocenters. The molecule has 1 N–H and O–H groups in total. The van der Waals surface area contributed by atoms with E-state index in [0.717, 1.165) is 25.9 Å². The van der Waals surface area contributed by atoms with Gasteiger partial charge in [-0.2, -0.15) is 0 Å². The van der Waals surface area contributed by atoms with E-state index >= 15 is 0 Å². The smallest absolute Gasteiger partial charge is 0.308 e. The van der Waals surface area contributed by atoms with Crippen LogP contribution in [0.5, 0.6) is 0 Å². The molecule has 1 aliphatic heterocycles. The normalized spacial score (nSPS) is 25.9. The van der Waals surface area contributed by atoms with Crippen LogP contribution in [0.2, 0.25) is 0 Å². The maximum Gasteiger partial charge on any atom is 0.308 e. The molecule has 2 aliphatic rings. The van der Waals surface area contributed by atoms with Crippen LogP contribution in [0.3, 0.4) is 0 Å². The fourth-order valence-corrected chi connectivity index (χ4v) is 4.04. The van der Waals surface area contributed by atoms with Gasteiger partial charge in [-0.05, 0) is 29.9 Å². The van der Waals surface area contributed by atoms with Gasteiger partial charge in [-0.15, -0.1) is 0 Å². The largest absolute Gasteiger partial charge is 0.481 e. The molecule has 0 bridgehead atoms. The van der Waals surface area contributed by atoms with Crippen LogP contribution in [0.25, 0.3) is 0 Å². The number of hydrogen-bond acceptors (Lipinski definition) is 3. The molecule has 2 heterocycles. The van der Waals surface area contributed by atoms with Crippen molar-refractivity contribution in [3.8, 4) is 0 Å². The molecule has 1 saturated carbocycles. The number of rotatable bonds is 3. The third-order valence-electron chi connectivity index (χ3n) is 4.99. The number of aromatic nitrogens is 1. The van der Waals surface area contributed by atoms with Crippen molar-refractivity contribution in [2.75, 3.05) is 13.1 Å². The third-order valence-corrected chi connectivity index (χ3v) is 4.99. The first-order valence-electron chi connectivity index (χ1n) is 7.54. The summed E-state index contributed by atoms with van der Waals surface area (Å²) >= 11 is 0. The Labute approximate surface area is 119 Å². The third kappa shape index (κ3) is 2.57. The van der Waals surface area contributed by atoms with Crippen molar-refractivity contribution in [1.82, 2.24) is 9.88 Å². The molecular formula is C16H22N2O2. The summed E-state index contributed by atoms with van der Waals surface area (Å²) in [5.74, 6) is -0.806. The average Bonchev–Trinajstić information content (AvgIpc) is 2.79. The van der Waals surface area contributed by atoms with E-state index in [4.69, 9.17) is 0 Å². The minimum Gasteiger partial charge on any atom is -0.481 e. The quantitative estimate of drug-likeness (QED) is 0.920. The highest BCUT2D eigenvalue weighted by Gasteiger charge is 2.50. The molecule has 1 aromatic rings. The van der Waals surface area contributed by atoms with Gasteiger partial charge in [-0.3, -0.25) is 14.7 Å². The Bertz CT molecular complexity index is 469. The fourth-order valence-electron chi connectivity index (χ4n) is 4.04. The van der Waals surface area contributed by atoms with Crippen LogP contribution in [-0.4, -0.2) is 34.0 Å². The van der Waals surface area contributed by atoms with Crippen molar-refractivity contribution in [3.05, 3.63) is 30.1 Å². The van der Waals surface area contributed by atoms with E-state index in [-0.39, 0.29) is 11.3 Å². The van der Waals surface area contributed by atoms with Crippen LogP contribution in [0, 0.1) is 11.3 Å². The van der Waals surface area contributed by atoms with Crippen LogP contribution in [0.15, 0.2) is 24.5 Å². The van der Waals surface area contributed by atoms with Gasteiger partial charge in [0.15, 0.2) is 0 Å². The zero-order valence-electron chi connectivity index (χ0n) is 11.8. The van der Waals surface area contributed by atoms with Crippen LogP contribution in [-0.2, 0) is 11.3 Å². The molecule has 2 fully saturated rings. The summed E-state index contributed by atoms with van der Waals surface area (Å²) < 4.78 is 0. The van der Waals surface area contributed by atoms with Gasteiger partial charge in [-0.25, -0.2) is 0 Å². The molecule has 1 aliphatic carbocycles. The summed E-state index contributed by atoms with van der Waals surface area (Å²) in [5, 5.41) is 9.58. The molecule has 4 heteroatoms. The summed E-state index contributed by atoms with van der Waals surface area (Å²) in [5.41, 5.74) is 1.19. The summed E-state index contributed by atoms with van der Waals surface area (Å²) in [6.45, 7) is 2.43. The SMILES string of the molecule is O=C(O)[C@@H]1CN(Cc2cccnc2)CC12CCCCC2. The minimum absolute atomic E-state index is 0.0201. The van der Waals surface area contributed by atoms with Gasteiger partial charge in [0.05, 0.1) is 5.92 Å². The molecular weight excluding hydrogens is 252 g/mol. The lowest BCUT2D eigenvalue weighted by molar-refractivity contribution is -0.145. The van der Waals surface area contributed by atoms with Gasteiger partial charge >= 0.3 is 5.97 Å². The van der Waals surface area contributed by atoms with Crippen molar-refractivity contribution in [2.24, 2.45) is 11.3 Å². The second kappa shape index (κ2) is 5.52. The van der Waals surface area contributed by atoms with E-state index in [9.17, 15) is 9.90 Å². The molecule has 4 nitrogen and oxygen atoms in total. The molecule has 20 heavy (non-hydrogen) atoms. The standard InChI is InChI=1S/C16H22N2O2/c19-15(20)14-11-18(10-13-5-4-8-17-9-13)12-16(14)6-2-1-3-7-16/h4-5,8-9,14H,1-3,6-7,10-12H2,(H,19,20)/t14-/m0/s1. The highest BCUT2D eigenvalue weighted by molar-refractivity contribution is 5.72. The van der Waals surface area contributed by atoms with Gasteiger partial charge in [0.1, 0.15) is 0 Å². The lowest BCUT2D eigenvalue weighted by Gasteiger charge is -2.36. The van der Waals surface area contributed by atoms with E-state index in [1.807, 2.05) is 12.3 Å². The van der Waals surface area contributed by atoms with E-state index in [1.54, 1.807) is 6.20 Å². The zero-order valence-corrected chi connectivity index (χ0v) is 11.8. The number of aliphatic carboxylic acids is 1. The van der Waals surface area contributed by atoms with Crippen LogP contribution in [0.4, 0.5) is 0 Å². The van der Waals surface area contributed by atoms with E-state index in [2.05, 4.69) is 16.0 Å². The lowest BCUT2D eigenvalue weighted by Crippen LogP contribution is -2.36. The van der Waals surface area contributed by atoms with Gasteiger partial charge in [-0.1, -0.05) is 25.3 Å². The van der Waals surface area contributed by atoms with Gasteiger partial charge in [0.25, 0.3) is 0 Å². The maximum absolute atomic E-state index is 11.6. The molecule has 0 aromatic carbocycles. The lowest BCUT2D eigenvalue weighted by atomic mass is 9.68. The van der Waals surface area contributed by atoms with Gasteiger partial charge in [0, 0.05) is 32.0 Å². The molecule has 108 valence electrons. The summed E-state index contributed by atoms with van der Waals surface area (Å²) in [6.07, 6.45) is 9.44.